The fourth-order valence-electron chi connectivity index (χ4n) is 1.87. The van der Waals surface area contributed by atoms with Gasteiger partial charge in [0.15, 0.2) is 0 Å². The molecule has 0 radical (unpaired) electrons. The van der Waals surface area contributed by atoms with Crippen molar-refractivity contribution >= 4 is 22.8 Å². The van der Waals surface area contributed by atoms with Crippen LogP contribution in [0.25, 0.3) is 10.9 Å². The van der Waals surface area contributed by atoms with Gasteiger partial charge in [-0.1, -0.05) is 12.1 Å². The van der Waals surface area contributed by atoms with Crippen LogP contribution in [0.3, 0.4) is 0 Å². The minimum absolute atomic E-state index is 0.0184. The Morgan fingerprint density at radius 3 is 2.35 bits per heavy atom. The average Bonchev–Trinajstić information content (AvgIpc) is 2.51. The van der Waals surface area contributed by atoms with Crippen LogP contribution in [-0.4, -0.2) is 38.3 Å². The fourth-order valence-corrected chi connectivity index (χ4v) is 1.87. The molecule has 104 valence electrons. The SMILES string of the molecule is COC(=O)c1cc(C(=O)OC)c2cccc(OC)c2n1. The second-order valence-electron chi connectivity index (χ2n) is 3.89. The van der Waals surface area contributed by atoms with Crippen molar-refractivity contribution in [2.24, 2.45) is 0 Å². The lowest BCUT2D eigenvalue weighted by atomic mass is 10.1. The number of ether oxygens (including phenoxy) is 3. The molecular formula is C14H13NO5. The number of pyridine rings is 1. The van der Waals surface area contributed by atoms with E-state index in [1.54, 1.807) is 18.2 Å². The highest BCUT2D eigenvalue weighted by Gasteiger charge is 2.19. The lowest BCUT2D eigenvalue weighted by Gasteiger charge is -2.10. The molecule has 0 bridgehead atoms. The summed E-state index contributed by atoms with van der Waals surface area (Å²) in [5, 5.41) is 0.545. The number of para-hydroxylation sites is 1. The Morgan fingerprint density at radius 2 is 1.75 bits per heavy atom. The third-order valence-corrected chi connectivity index (χ3v) is 2.82. The number of hydrogen-bond donors (Lipinski definition) is 0. The van der Waals surface area contributed by atoms with Gasteiger partial charge in [-0.25, -0.2) is 14.6 Å². The Balaban J connectivity index is 2.81. The summed E-state index contributed by atoms with van der Waals surface area (Å²) in [5.41, 5.74) is 0.653. The molecule has 0 N–H and O–H groups in total. The van der Waals surface area contributed by atoms with Gasteiger partial charge in [-0.2, -0.15) is 0 Å². The van der Waals surface area contributed by atoms with Crippen molar-refractivity contribution < 1.29 is 23.8 Å². The van der Waals surface area contributed by atoms with Crippen molar-refractivity contribution in [1.82, 2.24) is 4.98 Å². The van der Waals surface area contributed by atoms with Crippen molar-refractivity contribution in [3.05, 3.63) is 35.5 Å². The quantitative estimate of drug-likeness (QED) is 0.795. The molecule has 6 heteroatoms. The largest absolute Gasteiger partial charge is 0.494 e. The van der Waals surface area contributed by atoms with Crippen LogP contribution in [0, 0.1) is 0 Å². The van der Waals surface area contributed by atoms with Crippen LogP contribution < -0.4 is 4.74 Å². The first-order chi connectivity index (χ1) is 9.62. The summed E-state index contributed by atoms with van der Waals surface area (Å²) in [6.45, 7) is 0. The summed E-state index contributed by atoms with van der Waals surface area (Å²) in [5.74, 6) is -0.739. The lowest BCUT2D eigenvalue weighted by molar-refractivity contribution is 0.0594. The van der Waals surface area contributed by atoms with Crippen LogP contribution in [0.2, 0.25) is 0 Å². The van der Waals surface area contributed by atoms with Crippen molar-refractivity contribution in [3.63, 3.8) is 0 Å². The molecule has 1 aromatic heterocycles. The number of carbonyl (C=O) groups is 2. The molecule has 0 aliphatic heterocycles. The van der Waals surface area contributed by atoms with E-state index >= 15 is 0 Å². The smallest absolute Gasteiger partial charge is 0.356 e. The van der Waals surface area contributed by atoms with Crippen LogP contribution in [0.15, 0.2) is 24.3 Å². The van der Waals surface area contributed by atoms with Gasteiger partial charge in [-0.3, -0.25) is 0 Å². The number of aromatic nitrogens is 1. The molecule has 0 unspecified atom stereocenters. The minimum Gasteiger partial charge on any atom is -0.494 e. The first-order valence-corrected chi connectivity index (χ1v) is 5.76. The zero-order chi connectivity index (χ0) is 14.7. The normalized spacial score (nSPS) is 10.2. The van der Waals surface area contributed by atoms with Crippen molar-refractivity contribution in [2.45, 2.75) is 0 Å². The van der Waals surface area contributed by atoms with E-state index in [9.17, 15) is 9.59 Å². The number of benzene rings is 1. The van der Waals surface area contributed by atoms with E-state index in [1.165, 1.54) is 27.4 Å². The molecule has 0 fully saturated rings. The van der Waals surface area contributed by atoms with Crippen LogP contribution in [-0.2, 0) is 9.47 Å². The molecular weight excluding hydrogens is 262 g/mol. The van der Waals surface area contributed by atoms with Crippen LogP contribution in [0.1, 0.15) is 20.8 Å². The molecule has 0 spiro atoms. The maximum atomic E-state index is 11.8. The molecule has 1 aromatic carbocycles. The molecule has 0 aliphatic carbocycles. The topological polar surface area (TPSA) is 74.7 Å². The fraction of sp³-hybridized carbons (Fsp3) is 0.214. The predicted molar refractivity (Wildman–Crippen MR) is 71.0 cm³/mol. The Bertz CT molecular complexity index is 681. The summed E-state index contributed by atoms with van der Waals surface area (Å²) in [7, 11) is 4.00. The molecule has 1 heterocycles. The average molecular weight is 275 g/mol. The van der Waals surface area contributed by atoms with Crippen LogP contribution in [0.4, 0.5) is 0 Å². The number of hydrogen-bond acceptors (Lipinski definition) is 6. The third-order valence-electron chi connectivity index (χ3n) is 2.82. The number of esters is 2. The van der Waals surface area contributed by atoms with Gasteiger partial charge < -0.3 is 14.2 Å². The van der Waals surface area contributed by atoms with E-state index in [-0.39, 0.29) is 11.3 Å². The summed E-state index contributed by atoms with van der Waals surface area (Å²) in [4.78, 5) is 27.7. The van der Waals surface area contributed by atoms with Crippen LogP contribution in [0.5, 0.6) is 5.75 Å². The van der Waals surface area contributed by atoms with Gasteiger partial charge in [0, 0.05) is 5.39 Å². The van der Waals surface area contributed by atoms with Gasteiger partial charge in [0.2, 0.25) is 0 Å². The third kappa shape index (κ3) is 2.27. The highest BCUT2D eigenvalue weighted by atomic mass is 16.5. The van der Waals surface area contributed by atoms with E-state index in [4.69, 9.17) is 9.47 Å². The summed E-state index contributed by atoms with van der Waals surface area (Å²) < 4.78 is 14.6. The Kier molecular flexibility index (Phi) is 3.84. The molecule has 0 saturated heterocycles. The Morgan fingerprint density at radius 1 is 1.05 bits per heavy atom. The number of rotatable bonds is 3. The Hall–Kier alpha value is -2.63. The number of carbonyl (C=O) groups excluding carboxylic acids is 2. The second kappa shape index (κ2) is 5.56. The molecule has 0 saturated carbocycles. The minimum atomic E-state index is -0.636. The van der Waals surface area contributed by atoms with Gasteiger partial charge in [0.1, 0.15) is 17.0 Å². The van der Waals surface area contributed by atoms with Gasteiger partial charge in [0.25, 0.3) is 0 Å². The van der Waals surface area contributed by atoms with Gasteiger partial charge in [-0.05, 0) is 12.1 Å². The highest BCUT2D eigenvalue weighted by Crippen LogP contribution is 2.27. The van der Waals surface area contributed by atoms with Gasteiger partial charge in [0.05, 0.1) is 26.9 Å². The van der Waals surface area contributed by atoms with Gasteiger partial charge >= 0.3 is 11.9 Å². The zero-order valence-corrected chi connectivity index (χ0v) is 11.3. The number of nitrogens with zero attached hydrogens (tertiary/aromatic N) is 1. The van der Waals surface area contributed by atoms with Gasteiger partial charge in [-0.15, -0.1) is 0 Å². The van der Waals surface area contributed by atoms with Crippen molar-refractivity contribution in [2.75, 3.05) is 21.3 Å². The summed E-state index contributed by atoms with van der Waals surface area (Å²) in [6, 6.07) is 6.47. The van der Waals surface area contributed by atoms with E-state index < -0.39 is 11.9 Å². The molecule has 0 aliphatic rings. The maximum absolute atomic E-state index is 11.8. The van der Waals surface area contributed by atoms with Crippen molar-refractivity contribution in [1.29, 1.82) is 0 Å². The van der Waals surface area contributed by atoms with Crippen molar-refractivity contribution in [3.8, 4) is 5.75 Å². The molecule has 2 aromatic rings. The molecule has 2 rings (SSSR count). The maximum Gasteiger partial charge on any atom is 0.356 e. The number of fused-ring (bicyclic) bond motifs is 1. The zero-order valence-electron chi connectivity index (χ0n) is 11.3. The molecule has 20 heavy (non-hydrogen) atoms. The Labute approximate surface area is 115 Å². The van der Waals surface area contributed by atoms with E-state index in [0.717, 1.165) is 0 Å². The monoisotopic (exact) mass is 275 g/mol. The summed E-state index contributed by atoms with van der Waals surface area (Å²) in [6.07, 6.45) is 0. The highest BCUT2D eigenvalue weighted by molar-refractivity contribution is 6.07. The van der Waals surface area contributed by atoms with E-state index in [2.05, 4.69) is 9.72 Å². The molecule has 0 amide bonds. The van der Waals surface area contributed by atoms with E-state index in [0.29, 0.717) is 16.7 Å². The van der Waals surface area contributed by atoms with E-state index in [1.807, 2.05) is 0 Å². The lowest BCUT2D eigenvalue weighted by Crippen LogP contribution is -2.10. The first kappa shape index (κ1) is 13.8. The second-order valence-corrected chi connectivity index (χ2v) is 3.89. The number of methoxy groups -OCH3 is 3. The first-order valence-electron chi connectivity index (χ1n) is 5.76. The standard InChI is InChI=1S/C14H13NO5/c1-18-11-6-4-5-8-9(13(16)19-2)7-10(14(17)20-3)15-12(8)11/h4-7H,1-3H3. The molecule has 6 nitrogen and oxygen atoms in total. The predicted octanol–water partition coefficient (Wildman–Crippen LogP) is 1.82. The van der Waals surface area contributed by atoms with Crippen LogP contribution >= 0.6 is 0 Å². The summed E-state index contributed by atoms with van der Waals surface area (Å²) >= 11 is 0. The molecule has 0 atom stereocenters.